The van der Waals surface area contributed by atoms with E-state index < -0.39 is 5.54 Å². The van der Waals surface area contributed by atoms with Gasteiger partial charge < -0.3 is 20.1 Å². The number of hydrogen-bond acceptors (Lipinski definition) is 4. The van der Waals surface area contributed by atoms with Gasteiger partial charge in [-0.1, -0.05) is 0 Å². The van der Waals surface area contributed by atoms with E-state index in [2.05, 4.69) is 4.90 Å². The number of benzene rings is 1. The van der Waals surface area contributed by atoms with E-state index in [9.17, 15) is 0 Å². The molecule has 1 aromatic rings. The van der Waals surface area contributed by atoms with E-state index in [0.29, 0.717) is 0 Å². The Morgan fingerprint density at radius 3 is 2.35 bits per heavy atom. The van der Waals surface area contributed by atoms with E-state index in [4.69, 9.17) is 15.2 Å². The zero-order chi connectivity index (χ0) is 13.1. The number of nitrogens with zero attached hydrogens (tertiary/aromatic N) is 1. The Bertz CT molecular complexity index is 376. The van der Waals surface area contributed by atoms with Crippen molar-refractivity contribution in [2.24, 2.45) is 5.73 Å². The highest BCUT2D eigenvalue weighted by atomic mass is 16.5. The maximum atomic E-state index is 6.36. The number of hydrogen-bond donors (Lipinski definition) is 1. The summed E-state index contributed by atoms with van der Waals surface area (Å²) in [6, 6.07) is 5.69. The lowest BCUT2D eigenvalue weighted by Gasteiger charge is -2.30. The molecule has 1 rings (SSSR count). The third-order valence-corrected chi connectivity index (χ3v) is 2.67. The summed E-state index contributed by atoms with van der Waals surface area (Å²) in [7, 11) is 7.29. The molecule has 1 atom stereocenters. The first kappa shape index (κ1) is 13.8. The minimum absolute atomic E-state index is 0.483. The average molecular weight is 238 g/mol. The average Bonchev–Trinajstić information content (AvgIpc) is 2.26. The molecule has 17 heavy (non-hydrogen) atoms. The summed E-state index contributed by atoms with van der Waals surface area (Å²) >= 11 is 0. The Hall–Kier alpha value is -1.26. The monoisotopic (exact) mass is 238 g/mol. The number of ether oxygens (including phenoxy) is 2. The molecule has 0 amide bonds. The van der Waals surface area contributed by atoms with Crippen LogP contribution in [0, 0.1) is 0 Å². The molecule has 0 radical (unpaired) electrons. The first-order valence-corrected chi connectivity index (χ1v) is 5.57. The van der Waals surface area contributed by atoms with Crippen molar-refractivity contribution in [2.45, 2.75) is 12.5 Å². The molecule has 96 valence electrons. The molecule has 0 saturated heterocycles. The molecule has 0 aliphatic heterocycles. The number of nitrogens with two attached hydrogens (primary N) is 1. The van der Waals surface area contributed by atoms with Crippen molar-refractivity contribution in [2.75, 3.05) is 34.9 Å². The fraction of sp³-hybridized carbons (Fsp3) is 0.538. The van der Waals surface area contributed by atoms with Crippen molar-refractivity contribution < 1.29 is 9.47 Å². The summed E-state index contributed by atoms with van der Waals surface area (Å²) in [6.07, 6.45) is 0. The van der Waals surface area contributed by atoms with Gasteiger partial charge in [-0.3, -0.25) is 0 Å². The molecular formula is C13H22N2O2. The molecule has 0 spiro atoms. The second-order valence-corrected chi connectivity index (χ2v) is 4.72. The molecule has 0 saturated carbocycles. The topological polar surface area (TPSA) is 47.7 Å². The van der Waals surface area contributed by atoms with Gasteiger partial charge in [0.2, 0.25) is 0 Å². The van der Waals surface area contributed by atoms with Crippen molar-refractivity contribution in [3.8, 4) is 11.5 Å². The molecule has 0 heterocycles. The summed E-state index contributed by atoms with van der Waals surface area (Å²) in [5.41, 5.74) is 6.83. The van der Waals surface area contributed by atoms with Gasteiger partial charge in [-0.15, -0.1) is 0 Å². The molecule has 0 bridgehead atoms. The number of rotatable bonds is 5. The fourth-order valence-electron chi connectivity index (χ4n) is 2.00. The standard InChI is InChI=1S/C13H22N2O2/c1-13(14,9-15(2)3)11-8-10(16-4)6-7-12(11)17-5/h6-8H,9,14H2,1-5H3. The van der Waals surface area contributed by atoms with Crippen LogP contribution in [-0.2, 0) is 5.54 Å². The lowest BCUT2D eigenvalue weighted by atomic mass is 9.91. The summed E-state index contributed by atoms with van der Waals surface area (Å²) in [5.74, 6) is 1.58. The van der Waals surface area contributed by atoms with E-state index >= 15 is 0 Å². The number of methoxy groups -OCH3 is 2. The molecular weight excluding hydrogens is 216 g/mol. The SMILES string of the molecule is COc1ccc(OC)c(C(C)(N)CN(C)C)c1. The van der Waals surface area contributed by atoms with Crippen LogP contribution in [0.4, 0.5) is 0 Å². The third-order valence-electron chi connectivity index (χ3n) is 2.67. The molecule has 2 N–H and O–H groups in total. The Balaban J connectivity index is 3.16. The lowest BCUT2D eigenvalue weighted by Crippen LogP contribution is -2.43. The minimum atomic E-state index is -0.483. The maximum Gasteiger partial charge on any atom is 0.124 e. The van der Waals surface area contributed by atoms with E-state index in [1.807, 2.05) is 39.2 Å². The van der Waals surface area contributed by atoms with Crippen molar-refractivity contribution >= 4 is 0 Å². The van der Waals surface area contributed by atoms with Gasteiger partial charge in [0.1, 0.15) is 11.5 Å². The van der Waals surface area contributed by atoms with Crippen LogP contribution in [-0.4, -0.2) is 39.8 Å². The van der Waals surface area contributed by atoms with E-state index in [1.165, 1.54) is 0 Å². The van der Waals surface area contributed by atoms with Crippen molar-refractivity contribution in [1.29, 1.82) is 0 Å². The van der Waals surface area contributed by atoms with Crippen molar-refractivity contribution in [1.82, 2.24) is 4.90 Å². The summed E-state index contributed by atoms with van der Waals surface area (Å²) in [6.45, 7) is 2.72. The number of likely N-dealkylation sites (N-methyl/N-ethyl adjacent to an activating group) is 1. The van der Waals surface area contributed by atoms with Crippen LogP contribution >= 0.6 is 0 Å². The van der Waals surface area contributed by atoms with Gasteiger partial charge in [0, 0.05) is 12.1 Å². The molecule has 0 aliphatic carbocycles. The van der Waals surface area contributed by atoms with Gasteiger partial charge in [-0.25, -0.2) is 0 Å². The lowest BCUT2D eigenvalue weighted by molar-refractivity contribution is 0.293. The predicted octanol–water partition coefficient (Wildman–Crippen LogP) is 1.44. The Morgan fingerprint density at radius 2 is 1.88 bits per heavy atom. The highest BCUT2D eigenvalue weighted by Crippen LogP contribution is 2.31. The highest BCUT2D eigenvalue weighted by molar-refractivity contribution is 5.44. The van der Waals surface area contributed by atoms with Gasteiger partial charge in [-0.05, 0) is 39.2 Å². The molecule has 4 nitrogen and oxygen atoms in total. The van der Waals surface area contributed by atoms with Gasteiger partial charge in [0.25, 0.3) is 0 Å². The Labute approximate surface area is 103 Å². The molecule has 1 unspecified atom stereocenters. The van der Waals surface area contributed by atoms with Gasteiger partial charge in [0.15, 0.2) is 0 Å². The summed E-state index contributed by atoms with van der Waals surface area (Å²) in [4.78, 5) is 2.05. The maximum absolute atomic E-state index is 6.36. The zero-order valence-corrected chi connectivity index (χ0v) is 11.3. The van der Waals surface area contributed by atoms with Crippen LogP contribution in [0.3, 0.4) is 0 Å². The summed E-state index contributed by atoms with van der Waals surface area (Å²) < 4.78 is 10.6. The van der Waals surface area contributed by atoms with Crippen LogP contribution in [0.1, 0.15) is 12.5 Å². The van der Waals surface area contributed by atoms with Crippen molar-refractivity contribution in [3.63, 3.8) is 0 Å². The normalized spacial score (nSPS) is 14.5. The Morgan fingerprint density at radius 1 is 1.24 bits per heavy atom. The minimum Gasteiger partial charge on any atom is -0.497 e. The third kappa shape index (κ3) is 3.35. The van der Waals surface area contributed by atoms with Gasteiger partial charge in [-0.2, -0.15) is 0 Å². The van der Waals surface area contributed by atoms with Crippen LogP contribution in [0.5, 0.6) is 11.5 Å². The van der Waals surface area contributed by atoms with E-state index in [0.717, 1.165) is 23.6 Å². The summed E-state index contributed by atoms with van der Waals surface area (Å²) in [5, 5.41) is 0. The van der Waals surface area contributed by atoms with Crippen LogP contribution in [0.2, 0.25) is 0 Å². The van der Waals surface area contributed by atoms with Crippen molar-refractivity contribution in [3.05, 3.63) is 23.8 Å². The Kier molecular flexibility index (Phi) is 4.37. The first-order valence-electron chi connectivity index (χ1n) is 5.57. The molecule has 0 aliphatic rings. The molecule has 0 aromatic heterocycles. The van der Waals surface area contributed by atoms with E-state index in [-0.39, 0.29) is 0 Å². The largest absolute Gasteiger partial charge is 0.497 e. The van der Waals surface area contributed by atoms with Crippen LogP contribution in [0.15, 0.2) is 18.2 Å². The molecule has 0 fully saturated rings. The van der Waals surface area contributed by atoms with Gasteiger partial charge >= 0.3 is 0 Å². The zero-order valence-electron chi connectivity index (χ0n) is 11.3. The quantitative estimate of drug-likeness (QED) is 0.843. The molecule has 4 heteroatoms. The van der Waals surface area contributed by atoms with Gasteiger partial charge in [0.05, 0.1) is 19.8 Å². The van der Waals surface area contributed by atoms with Crippen LogP contribution < -0.4 is 15.2 Å². The smallest absolute Gasteiger partial charge is 0.124 e. The fourth-order valence-corrected chi connectivity index (χ4v) is 2.00. The van der Waals surface area contributed by atoms with Crippen LogP contribution in [0.25, 0.3) is 0 Å². The van der Waals surface area contributed by atoms with E-state index in [1.54, 1.807) is 14.2 Å². The highest BCUT2D eigenvalue weighted by Gasteiger charge is 2.26. The second kappa shape index (κ2) is 5.38. The second-order valence-electron chi connectivity index (χ2n) is 4.72. The molecule has 1 aromatic carbocycles. The predicted molar refractivity (Wildman–Crippen MR) is 69.6 cm³/mol. The first-order chi connectivity index (χ1) is 7.90.